The Kier molecular flexibility index (Phi) is 5.73. The lowest BCUT2D eigenvalue weighted by atomic mass is 9.90. The minimum absolute atomic E-state index is 0.242. The monoisotopic (exact) mass is 377 g/mol. The maximum absolute atomic E-state index is 12.8. The van der Waals surface area contributed by atoms with Gasteiger partial charge < -0.3 is 10.3 Å². The zero-order valence-corrected chi connectivity index (χ0v) is 16.8. The van der Waals surface area contributed by atoms with Crippen molar-refractivity contribution >= 4 is 28.4 Å². The molecule has 4 nitrogen and oxygen atoms in total. The highest BCUT2D eigenvalue weighted by molar-refractivity contribution is 7.89. The number of aromatic nitrogens is 1. The second-order valence-corrected chi connectivity index (χ2v) is 10.0. The van der Waals surface area contributed by atoms with Crippen molar-refractivity contribution in [3.05, 3.63) is 29.4 Å². The molecule has 6 heteroatoms. The van der Waals surface area contributed by atoms with Crippen LogP contribution in [0.25, 0.3) is 10.4 Å². The number of nitrogens with zero attached hydrogens (tertiary/aromatic N) is 1. The van der Waals surface area contributed by atoms with Crippen molar-refractivity contribution in [1.82, 2.24) is 9.71 Å². The molecule has 0 aliphatic heterocycles. The van der Waals surface area contributed by atoms with Gasteiger partial charge in [0.15, 0.2) is 4.90 Å². The molecule has 3 N–H and O–H groups in total. The second kappa shape index (κ2) is 7.66. The van der Waals surface area contributed by atoms with Gasteiger partial charge in [-0.25, -0.2) is 4.98 Å². The van der Waals surface area contributed by atoms with Crippen molar-refractivity contribution in [2.75, 3.05) is 5.73 Å². The number of hydrogen-bond donors (Lipinski definition) is 2. The second-order valence-electron chi connectivity index (χ2n) is 7.77. The maximum atomic E-state index is 12.8. The van der Waals surface area contributed by atoms with E-state index in [-0.39, 0.29) is 5.54 Å². The molecule has 1 fully saturated rings. The van der Waals surface area contributed by atoms with E-state index in [2.05, 4.69) is 9.71 Å². The first-order valence-electron chi connectivity index (χ1n) is 8.89. The maximum Gasteiger partial charge on any atom is 0.184 e. The molecule has 3 rings (SSSR count). The molecular formula is C19H27N3OS2. The molecule has 136 valence electrons. The largest absolute Gasteiger partial charge is 0.593 e. The van der Waals surface area contributed by atoms with Gasteiger partial charge in [-0.05, 0) is 45.7 Å². The Morgan fingerprint density at radius 3 is 2.64 bits per heavy atom. The van der Waals surface area contributed by atoms with Gasteiger partial charge in [-0.1, -0.05) is 19.3 Å². The van der Waals surface area contributed by atoms with Crippen LogP contribution in [0.15, 0.2) is 29.3 Å². The van der Waals surface area contributed by atoms with Crippen LogP contribution in [-0.2, 0) is 11.4 Å². The fourth-order valence-corrected chi connectivity index (χ4v) is 5.66. The molecule has 0 radical (unpaired) electrons. The summed E-state index contributed by atoms with van der Waals surface area (Å²) in [6.07, 6.45) is 8.34. The molecule has 0 saturated heterocycles. The number of rotatable bonds is 4. The van der Waals surface area contributed by atoms with Crippen molar-refractivity contribution < 1.29 is 4.55 Å². The van der Waals surface area contributed by atoms with Gasteiger partial charge in [0.05, 0.1) is 32.3 Å². The first kappa shape index (κ1) is 18.7. The highest BCUT2D eigenvalue weighted by atomic mass is 32.2. The lowest BCUT2D eigenvalue weighted by Crippen LogP contribution is -2.40. The third-order valence-corrected chi connectivity index (χ3v) is 7.08. The highest BCUT2D eigenvalue weighted by Gasteiger charge is 2.26. The first-order chi connectivity index (χ1) is 11.8. The zero-order valence-electron chi connectivity index (χ0n) is 15.2. The Bertz CT molecular complexity index is 718. The molecule has 1 heterocycles. The zero-order chi connectivity index (χ0) is 18.0. The van der Waals surface area contributed by atoms with Crippen LogP contribution in [0.3, 0.4) is 0 Å². The number of nitrogens with one attached hydrogen (secondary N) is 1. The van der Waals surface area contributed by atoms with Crippen LogP contribution in [0, 0.1) is 0 Å². The third-order valence-electron chi connectivity index (χ3n) is 4.35. The Labute approximate surface area is 157 Å². The average molecular weight is 378 g/mol. The summed E-state index contributed by atoms with van der Waals surface area (Å²) < 4.78 is 16.0. The molecule has 1 aromatic carbocycles. The van der Waals surface area contributed by atoms with Crippen molar-refractivity contribution in [2.24, 2.45) is 0 Å². The lowest BCUT2D eigenvalue weighted by molar-refractivity contribution is 0.442. The Morgan fingerprint density at radius 1 is 1.24 bits per heavy atom. The summed E-state index contributed by atoms with van der Waals surface area (Å²) in [6.45, 7) is 6.01. The van der Waals surface area contributed by atoms with Gasteiger partial charge in [-0.3, -0.25) is 0 Å². The quantitative estimate of drug-likeness (QED) is 0.590. The molecule has 1 aliphatic carbocycles. The van der Waals surface area contributed by atoms with E-state index in [1.807, 2.05) is 45.2 Å². The SMILES string of the molecule is CC(C)(C)N[S+]([O-])c1cc(N)ccc1-c1cnc(C2CCCCC2)s1. The summed E-state index contributed by atoms with van der Waals surface area (Å²) >= 11 is 0.412. The summed E-state index contributed by atoms with van der Waals surface area (Å²) in [5.74, 6) is 0.586. The van der Waals surface area contributed by atoms with Crippen molar-refractivity contribution in [3.63, 3.8) is 0 Å². The van der Waals surface area contributed by atoms with Crippen molar-refractivity contribution in [3.8, 4) is 10.4 Å². The topological polar surface area (TPSA) is 74.0 Å². The molecule has 0 bridgehead atoms. The van der Waals surface area contributed by atoms with E-state index in [9.17, 15) is 4.55 Å². The molecule has 1 saturated carbocycles. The third kappa shape index (κ3) is 4.76. The summed E-state index contributed by atoms with van der Waals surface area (Å²) in [6, 6.07) is 5.64. The van der Waals surface area contributed by atoms with Gasteiger partial charge in [0.1, 0.15) is 0 Å². The van der Waals surface area contributed by atoms with Crippen LogP contribution in [-0.4, -0.2) is 15.1 Å². The summed E-state index contributed by atoms with van der Waals surface area (Å²) in [7, 11) is 0. The average Bonchev–Trinajstić information content (AvgIpc) is 3.04. The highest BCUT2D eigenvalue weighted by Crippen LogP contribution is 2.39. The normalized spacial score (nSPS) is 17.6. The number of nitrogen functional groups attached to an aromatic ring is 1. The molecule has 0 spiro atoms. The van der Waals surface area contributed by atoms with E-state index >= 15 is 0 Å². The van der Waals surface area contributed by atoms with Crippen LogP contribution in [0.4, 0.5) is 5.69 Å². The van der Waals surface area contributed by atoms with Crippen LogP contribution in [0.1, 0.15) is 63.8 Å². The van der Waals surface area contributed by atoms with Crippen LogP contribution < -0.4 is 10.5 Å². The van der Waals surface area contributed by atoms with Crippen LogP contribution in [0.5, 0.6) is 0 Å². The van der Waals surface area contributed by atoms with E-state index in [1.54, 1.807) is 11.3 Å². The summed E-state index contributed by atoms with van der Waals surface area (Å²) in [5, 5.41) is 1.21. The van der Waals surface area contributed by atoms with E-state index in [4.69, 9.17) is 5.73 Å². The fraction of sp³-hybridized carbons (Fsp3) is 0.526. The molecule has 25 heavy (non-hydrogen) atoms. The molecule has 0 amide bonds. The lowest BCUT2D eigenvalue weighted by Gasteiger charge is -2.23. The predicted octanol–water partition coefficient (Wildman–Crippen LogP) is 4.85. The summed E-state index contributed by atoms with van der Waals surface area (Å²) in [5.41, 5.74) is 7.30. The van der Waals surface area contributed by atoms with Gasteiger partial charge in [0.2, 0.25) is 0 Å². The minimum Gasteiger partial charge on any atom is -0.593 e. The molecule has 1 aliphatic rings. The predicted molar refractivity (Wildman–Crippen MR) is 107 cm³/mol. The van der Waals surface area contributed by atoms with Gasteiger partial charge >= 0.3 is 0 Å². The smallest absolute Gasteiger partial charge is 0.184 e. The first-order valence-corrected chi connectivity index (χ1v) is 10.9. The molecule has 1 unspecified atom stereocenters. The number of benzene rings is 1. The fourth-order valence-electron chi connectivity index (χ4n) is 3.18. The number of hydrogen-bond acceptors (Lipinski definition) is 5. The Morgan fingerprint density at radius 2 is 1.96 bits per heavy atom. The van der Waals surface area contributed by atoms with Crippen molar-refractivity contribution in [2.45, 2.75) is 69.2 Å². The van der Waals surface area contributed by atoms with Crippen molar-refractivity contribution in [1.29, 1.82) is 0 Å². The number of thiazole rings is 1. The van der Waals surface area contributed by atoms with E-state index in [0.717, 1.165) is 15.3 Å². The van der Waals surface area contributed by atoms with Gasteiger partial charge in [0, 0.05) is 23.9 Å². The standard InChI is InChI=1S/C19H27N3OS2/c1-19(2,3)22-25(23)17-11-14(20)9-10-15(17)16-12-21-18(24-16)13-7-5-4-6-8-13/h9-13,22H,4-8,20H2,1-3H3. The number of anilines is 1. The Balaban J connectivity index is 1.90. The van der Waals surface area contributed by atoms with Crippen LogP contribution in [0.2, 0.25) is 0 Å². The van der Waals surface area contributed by atoms with E-state index in [0.29, 0.717) is 11.6 Å². The molecule has 1 aromatic heterocycles. The molecular weight excluding hydrogens is 350 g/mol. The minimum atomic E-state index is -1.32. The Hall–Kier alpha value is -1.08. The van der Waals surface area contributed by atoms with Gasteiger partial charge in [0.25, 0.3) is 0 Å². The van der Waals surface area contributed by atoms with E-state index in [1.165, 1.54) is 37.1 Å². The molecule has 1 atom stereocenters. The van der Waals surface area contributed by atoms with Gasteiger partial charge in [-0.2, -0.15) is 0 Å². The van der Waals surface area contributed by atoms with Crippen LogP contribution >= 0.6 is 11.3 Å². The summed E-state index contributed by atoms with van der Waals surface area (Å²) in [4.78, 5) is 6.48. The number of nitrogens with two attached hydrogens (primary N) is 1. The van der Waals surface area contributed by atoms with E-state index < -0.39 is 11.4 Å². The molecule has 2 aromatic rings. The van der Waals surface area contributed by atoms with Gasteiger partial charge in [-0.15, -0.1) is 16.1 Å².